The largest absolute Gasteiger partial charge is 0.382 e. The third-order valence-corrected chi connectivity index (χ3v) is 4.81. The first-order chi connectivity index (χ1) is 10.0. The third-order valence-electron chi connectivity index (χ3n) is 4.81. The van der Waals surface area contributed by atoms with Crippen molar-refractivity contribution in [3.8, 4) is 0 Å². The molecule has 3 nitrogen and oxygen atoms in total. The topological polar surface area (TPSA) is 32.3 Å². The van der Waals surface area contributed by atoms with Crippen molar-refractivity contribution in [3.63, 3.8) is 0 Å². The van der Waals surface area contributed by atoms with Gasteiger partial charge in [-0.15, -0.1) is 0 Å². The number of rotatable bonds is 3. The van der Waals surface area contributed by atoms with E-state index in [1.54, 1.807) is 0 Å². The summed E-state index contributed by atoms with van der Waals surface area (Å²) in [6.07, 6.45) is 6.76. The molecule has 1 aliphatic carbocycles. The van der Waals surface area contributed by atoms with Gasteiger partial charge in [0.25, 0.3) is 0 Å². The summed E-state index contributed by atoms with van der Waals surface area (Å²) in [5.74, 6) is 0.256. The van der Waals surface area contributed by atoms with E-state index in [2.05, 4.69) is 37.4 Å². The zero-order valence-electron chi connectivity index (χ0n) is 13.2. The van der Waals surface area contributed by atoms with E-state index < -0.39 is 0 Å². The fraction of sp³-hybridized carbons (Fsp3) is 0.611. The average Bonchev–Trinajstić information content (AvgIpc) is 2.84. The predicted octanol–water partition coefficient (Wildman–Crippen LogP) is 4.19. The molecule has 1 N–H and O–H groups in total. The molecule has 0 spiro atoms. The van der Waals surface area contributed by atoms with Crippen LogP contribution in [-0.2, 0) is 4.79 Å². The molecule has 0 radical (unpaired) electrons. The molecular formula is C18H26N2O. The van der Waals surface area contributed by atoms with Gasteiger partial charge in [-0.05, 0) is 49.3 Å². The molecule has 0 bridgehead atoms. The maximum Gasteiger partial charge on any atom is 0.227 e. The third kappa shape index (κ3) is 3.39. The van der Waals surface area contributed by atoms with Gasteiger partial charge in [0.2, 0.25) is 5.91 Å². The Morgan fingerprint density at radius 2 is 2.14 bits per heavy atom. The Morgan fingerprint density at radius 3 is 2.86 bits per heavy atom. The van der Waals surface area contributed by atoms with Crippen molar-refractivity contribution >= 4 is 17.3 Å². The molecule has 1 heterocycles. The quantitative estimate of drug-likeness (QED) is 0.903. The lowest BCUT2D eigenvalue weighted by molar-refractivity contribution is -0.117. The Balaban J connectivity index is 1.70. The highest BCUT2D eigenvalue weighted by Gasteiger charge is 2.28. The highest BCUT2D eigenvalue weighted by Crippen LogP contribution is 2.36. The molecule has 0 aromatic heterocycles. The van der Waals surface area contributed by atoms with E-state index in [0.717, 1.165) is 24.3 Å². The van der Waals surface area contributed by atoms with Gasteiger partial charge in [-0.1, -0.05) is 26.3 Å². The van der Waals surface area contributed by atoms with Crippen LogP contribution in [0.2, 0.25) is 0 Å². The zero-order valence-corrected chi connectivity index (χ0v) is 13.2. The van der Waals surface area contributed by atoms with Crippen LogP contribution in [0.5, 0.6) is 0 Å². The number of hydrogen-bond acceptors (Lipinski definition) is 2. The minimum Gasteiger partial charge on any atom is -0.382 e. The number of carbonyl (C=O) groups is 1. The van der Waals surface area contributed by atoms with Crippen molar-refractivity contribution in [1.29, 1.82) is 0 Å². The highest BCUT2D eigenvalue weighted by molar-refractivity contribution is 5.95. The Morgan fingerprint density at radius 1 is 1.29 bits per heavy atom. The summed E-state index contributed by atoms with van der Waals surface area (Å²) in [5.41, 5.74) is 2.63. The Bertz CT molecular complexity index is 524. The first kappa shape index (κ1) is 14.4. The van der Waals surface area contributed by atoms with Crippen molar-refractivity contribution in [3.05, 3.63) is 24.3 Å². The molecule has 2 aliphatic rings. The first-order valence-electron chi connectivity index (χ1n) is 8.20. The monoisotopic (exact) mass is 286 g/mol. The highest BCUT2D eigenvalue weighted by atomic mass is 16.2. The molecule has 1 saturated carbocycles. The molecular weight excluding hydrogens is 260 g/mol. The zero-order chi connectivity index (χ0) is 14.9. The molecule has 21 heavy (non-hydrogen) atoms. The summed E-state index contributed by atoms with van der Waals surface area (Å²) < 4.78 is 0. The Hall–Kier alpha value is -1.51. The second kappa shape index (κ2) is 5.70. The second-order valence-electron chi connectivity index (χ2n) is 7.30. The van der Waals surface area contributed by atoms with Crippen LogP contribution in [-0.4, -0.2) is 18.5 Å². The maximum atomic E-state index is 11.9. The molecule has 1 saturated heterocycles. The molecule has 1 unspecified atom stereocenters. The summed E-state index contributed by atoms with van der Waals surface area (Å²) >= 11 is 0. The van der Waals surface area contributed by atoms with Crippen LogP contribution in [0.15, 0.2) is 24.3 Å². The standard InChI is InChI=1S/C18H26N2O/c1-18(2)10-4-7-15(13-18)19-14-6-3-8-16(12-14)20-11-5-9-17(20)21/h3,6,8,12,15,19H,4-5,7,9-11,13H2,1-2H3. The van der Waals surface area contributed by atoms with Gasteiger partial charge in [-0.3, -0.25) is 4.79 Å². The maximum absolute atomic E-state index is 11.9. The minimum absolute atomic E-state index is 0.256. The number of nitrogens with zero attached hydrogens (tertiary/aromatic N) is 1. The van der Waals surface area contributed by atoms with Crippen molar-refractivity contribution in [2.24, 2.45) is 5.41 Å². The van der Waals surface area contributed by atoms with Crippen molar-refractivity contribution < 1.29 is 4.79 Å². The molecule has 1 aromatic carbocycles. The van der Waals surface area contributed by atoms with Crippen LogP contribution in [0.4, 0.5) is 11.4 Å². The summed E-state index contributed by atoms with van der Waals surface area (Å²) in [7, 11) is 0. The SMILES string of the molecule is CC1(C)CCCC(Nc2cccc(N3CCCC3=O)c2)C1. The van der Waals surface area contributed by atoms with Gasteiger partial charge in [-0.2, -0.15) is 0 Å². The van der Waals surface area contributed by atoms with Gasteiger partial charge in [0, 0.05) is 30.4 Å². The number of benzene rings is 1. The van der Waals surface area contributed by atoms with Gasteiger partial charge in [-0.25, -0.2) is 0 Å². The van der Waals surface area contributed by atoms with Crippen LogP contribution in [0.1, 0.15) is 52.4 Å². The minimum atomic E-state index is 0.256. The van der Waals surface area contributed by atoms with Gasteiger partial charge >= 0.3 is 0 Å². The summed E-state index contributed by atoms with van der Waals surface area (Å²) in [5, 5.41) is 3.68. The van der Waals surface area contributed by atoms with Gasteiger partial charge < -0.3 is 10.2 Å². The van der Waals surface area contributed by atoms with Crippen LogP contribution in [0.25, 0.3) is 0 Å². The molecule has 1 aromatic rings. The van der Waals surface area contributed by atoms with Crippen LogP contribution in [0.3, 0.4) is 0 Å². The lowest BCUT2D eigenvalue weighted by Gasteiger charge is -2.36. The molecule has 3 rings (SSSR count). The van der Waals surface area contributed by atoms with Crippen LogP contribution >= 0.6 is 0 Å². The lowest BCUT2D eigenvalue weighted by Crippen LogP contribution is -2.31. The van der Waals surface area contributed by atoms with E-state index in [1.165, 1.54) is 25.7 Å². The van der Waals surface area contributed by atoms with E-state index in [1.807, 2.05) is 11.0 Å². The number of carbonyl (C=O) groups excluding carboxylic acids is 1. The van der Waals surface area contributed by atoms with E-state index in [-0.39, 0.29) is 5.91 Å². The predicted molar refractivity (Wildman–Crippen MR) is 87.7 cm³/mol. The molecule has 1 aliphatic heterocycles. The molecule has 3 heteroatoms. The fourth-order valence-corrected chi connectivity index (χ4v) is 3.74. The number of amides is 1. The Labute approximate surface area is 127 Å². The number of anilines is 2. The van der Waals surface area contributed by atoms with Gasteiger partial charge in [0.15, 0.2) is 0 Å². The van der Waals surface area contributed by atoms with Crippen molar-refractivity contribution in [2.45, 2.75) is 58.4 Å². The van der Waals surface area contributed by atoms with E-state index >= 15 is 0 Å². The van der Waals surface area contributed by atoms with Crippen molar-refractivity contribution in [1.82, 2.24) is 0 Å². The van der Waals surface area contributed by atoms with E-state index in [4.69, 9.17) is 0 Å². The van der Waals surface area contributed by atoms with Crippen LogP contribution < -0.4 is 10.2 Å². The second-order valence-corrected chi connectivity index (χ2v) is 7.30. The first-order valence-corrected chi connectivity index (χ1v) is 8.20. The normalized spacial score (nSPS) is 25.1. The lowest BCUT2D eigenvalue weighted by atomic mass is 9.75. The van der Waals surface area contributed by atoms with Gasteiger partial charge in [0.05, 0.1) is 0 Å². The molecule has 1 atom stereocenters. The van der Waals surface area contributed by atoms with Crippen LogP contribution in [0, 0.1) is 5.41 Å². The van der Waals surface area contributed by atoms with E-state index in [9.17, 15) is 4.79 Å². The summed E-state index contributed by atoms with van der Waals surface area (Å²) in [6, 6.07) is 8.89. The smallest absolute Gasteiger partial charge is 0.227 e. The number of hydrogen-bond donors (Lipinski definition) is 1. The summed E-state index contributed by atoms with van der Waals surface area (Å²) in [6.45, 7) is 5.58. The molecule has 1 amide bonds. The average molecular weight is 286 g/mol. The van der Waals surface area contributed by atoms with Crippen molar-refractivity contribution in [2.75, 3.05) is 16.8 Å². The summed E-state index contributed by atoms with van der Waals surface area (Å²) in [4.78, 5) is 13.8. The van der Waals surface area contributed by atoms with E-state index in [0.29, 0.717) is 17.9 Å². The Kier molecular flexibility index (Phi) is 3.92. The molecule has 2 fully saturated rings. The molecule has 114 valence electrons. The number of nitrogens with one attached hydrogen (secondary N) is 1. The fourth-order valence-electron chi connectivity index (χ4n) is 3.74. The van der Waals surface area contributed by atoms with Gasteiger partial charge in [0.1, 0.15) is 0 Å².